The molecule has 2 heteroatoms. The molecule has 1 saturated carbocycles. The van der Waals surface area contributed by atoms with Gasteiger partial charge in [-0.05, 0) is 30.7 Å². The zero-order valence-corrected chi connectivity index (χ0v) is 10.7. The van der Waals surface area contributed by atoms with Crippen LogP contribution in [0.2, 0.25) is 0 Å². The summed E-state index contributed by atoms with van der Waals surface area (Å²) in [6.07, 6.45) is 3.69. The molecule has 90 valence electrons. The second-order valence-corrected chi connectivity index (χ2v) is 5.75. The van der Waals surface area contributed by atoms with Gasteiger partial charge in [-0.25, -0.2) is 0 Å². The third-order valence-electron chi connectivity index (χ3n) is 4.15. The number of aliphatic hydroxyl groups excluding tert-OH is 1. The summed E-state index contributed by atoms with van der Waals surface area (Å²) in [5.74, 6) is 1.96. The number of nitrogens with one attached hydrogen (secondary N) is 1. The molecule has 1 rings (SSSR count). The molecule has 15 heavy (non-hydrogen) atoms. The minimum Gasteiger partial charge on any atom is -0.394 e. The molecule has 0 aromatic heterocycles. The fourth-order valence-electron chi connectivity index (χ4n) is 2.70. The Morgan fingerprint density at radius 1 is 1.40 bits per heavy atom. The molecule has 0 spiro atoms. The van der Waals surface area contributed by atoms with E-state index in [-0.39, 0.29) is 12.1 Å². The van der Waals surface area contributed by atoms with E-state index in [0.717, 1.165) is 18.9 Å². The van der Waals surface area contributed by atoms with Gasteiger partial charge < -0.3 is 10.4 Å². The highest BCUT2D eigenvalue weighted by Gasteiger charge is 2.40. The van der Waals surface area contributed by atoms with Gasteiger partial charge in [-0.1, -0.05) is 40.5 Å². The zero-order valence-electron chi connectivity index (χ0n) is 10.7. The molecule has 1 aliphatic carbocycles. The predicted octanol–water partition coefficient (Wildman–Crippen LogP) is 2.42. The zero-order chi connectivity index (χ0) is 11.5. The van der Waals surface area contributed by atoms with Crippen molar-refractivity contribution in [1.29, 1.82) is 0 Å². The van der Waals surface area contributed by atoms with Crippen molar-refractivity contribution in [1.82, 2.24) is 5.32 Å². The number of hydrogen-bond acceptors (Lipinski definition) is 2. The quantitative estimate of drug-likeness (QED) is 0.751. The van der Waals surface area contributed by atoms with Crippen molar-refractivity contribution >= 4 is 0 Å². The maximum absolute atomic E-state index is 9.68. The molecule has 0 aromatic carbocycles. The fourth-order valence-corrected chi connectivity index (χ4v) is 2.70. The van der Waals surface area contributed by atoms with Gasteiger partial charge in [0.1, 0.15) is 0 Å². The summed E-state index contributed by atoms with van der Waals surface area (Å²) in [6, 6.07) is 0. The van der Waals surface area contributed by atoms with Crippen LogP contribution in [0.25, 0.3) is 0 Å². The smallest absolute Gasteiger partial charge is 0.0616 e. The second kappa shape index (κ2) is 5.31. The van der Waals surface area contributed by atoms with Gasteiger partial charge in [0.15, 0.2) is 0 Å². The van der Waals surface area contributed by atoms with Crippen molar-refractivity contribution in [3.05, 3.63) is 0 Å². The molecule has 2 nitrogen and oxygen atoms in total. The lowest BCUT2D eigenvalue weighted by Gasteiger charge is -2.46. The van der Waals surface area contributed by atoms with Crippen molar-refractivity contribution in [2.24, 2.45) is 17.8 Å². The Labute approximate surface area is 94.5 Å². The molecule has 0 amide bonds. The highest BCUT2D eigenvalue weighted by Crippen LogP contribution is 2.37. The number of rotatable bonds is 4. The lowest BCUT2D eigenvalue weighted by molar-refractivity contribution is 0.0431. The Balaban J connectivity index is 2.64. The van der Waals surface area contributed by atoms with Crippen LogP contribution < -0.4 is 5.32 Å². The maximum atomic E-state index is 9.68. The van der Waals surface area contributed by atoms with Crippen LogP contribution in [-0.4, -0.2) is 23.8 Å². The lowest BCUT2D eigenvalue weighted by Crippen LogP contribution is -2.57. The van der Waals surface area contributed by atoms with Crippen LogP contribution in [0.4, 0.5) is 0 Å². The van der Waals surface area contributed by atoms with Crippen LogP contribution in [0.1, 0.15) is 47.0 Å². The van der Waals surface area contributed by atoms with Crippen molar-refractivity contribution in [3.8, 4) is 0 Å². The highest BCUT2D eigenvalue weighted by atomic mass is 16.3. The molecule has 0 saturated heterocycles. The first kappa shape index (κ1) is 13.0. The van der Waals surface area contributed by atoms with Crippen molar-refractivity contribution < 1.29 is 5.11 Å². The Kier molecular flexibility index (Phi) is 4.60. The van der Waals surface area contributed by atoms with Crippen LogP contribution in [-0.2, 0) is 0 Å². The topological polar surface area (TPSA) is 32.3 Å². The molecule has 0 aliphatic heterocycles. The van der Waals surface area contributed by atoms with E-state index in [2.05, 4.69) is 33.0 Å². The van der Waals surface area contributed by atoms with Gasteiger partial charge in [0.05, 0.1) is 6.61 Å². The van der Waals surface area contributed by atoms with Crippen LogP contribution in [0, 0.1) is 17.8 Å². The standard InChI is InChI=1S/C13H27NO/c1-10(2)8-14-13(9-15)7-5-6-11(3)12(13)4/h10-12,14-15H,5-9H2,1-4H3. The Hall–Kier alpha value is -0.0800. The van der Waals surface area contributed by atoms with Crippen LogP contribution >= 0.6 is 0 Å². The minimum atomic E-state index is -0.0120. The first-order chi connectivity index (χ1) is 7.02. The van der Waals surface area contributed by atoms with Crippen molar-refractivity contribution in [2.45, 2.75) is 52.5 Å². The summed E-state index contributed by atoms with van der Waals surface area (Å²) >= 11 is 0. The number of aliphatic hydroxyl groups is 1. The largest absolute Gasteiger partial charge is 0.394 e. The van der Waals surface area contributed by atoms with E-state index in [9.17, 15) is 5.11 Å². The summed E-state index contributed by atoms with van der Waals surface area (Å²) in [7, 11) is 0. The third-order valence-corrected chi connectivity index (χ3v) is 4.15. The molecular formula is C13H27NO. The summed E-state index contributed by atoms with van der Waals surface area (Å²) in [4.78, 5) is 0. The first-order valence-electron chi connectivity index (χ1n) is 6.37. The molecule has 0 heterocycles. The molecule has 1 fully saturated rings. The molecular weight excluding hydrogens is 186 g/mol. The van der Waals surface area contributed by atoms with E-state index < -0.39 is 0 Å². The van der Waals surface area contributed by atoms with Gasteiger partial charge in [0.2, 0.25) is 0 Å². The molecule has 3 atom stereocenters. The van der Waals surface area contributed by atoms with E-state index in [1.54, 1.807) is 0 Å². The van der Waals surface area contributed by atoms with E-state index in [4.69, 9.17) is 0 Å². The second-order valence-electron chi connectivity index (χ2n) is 5.75. The molecule has 3 unspecified atom stereocenters. The summed E-state index contributed by atoms with van der Waals surface area (Å²) in [5.41, 5.74) is -0.0120. The van der Waals surface area contributed by atoms with Gasteiger partial charge >= 0.3 is 0 Å². The van der Waals surface area contributed by atoms with Crippen LogP contribution in [0.3, 0.4) is 0 Å². The fraction of sp³-hybridized carbons (Fsp3) is 1.00. The van der Waals surface area contributed by atoms with Gasteiger partial charge in [0, 0.05) is 5.54 Å². The number of hydrogen-bond donors (Lipinski definition) is 2. The van der Waals surface area contributed by atoms with Crippen molar-refractivity contribution in [3.63, 3.8) is 0 Å². The highest BCUT2D eigenvalue weighted by molar-refractivity contribution is 4.97. The van der Waals surface area contributed by atoms with Gasteiger partial charge in [-0.3, -0.25) is 0 Å². The third kappa shape index (κ3) is 2.94. The average molecular weight is 213 g/mol. The summed E-state index contributed by atoms with van der Waals surface area (Å²) < 4.78 is 0. The van der Waals surface area contributed by atoms with Crippen LogP contribution in [0.5, 0.6) is 0 Å². The van der Waals surface area contributed by atoms with Gasteiger partial charge in [0.25, 0.3) is 0 Å². The monoisotopic (exact) mass is 213 g/mol. The van der Waals surface area contributed by atoms with Crippen molar-refractivity contribution in [2.75, 3.05) is 13.2 Å². The molecule has 0 bridgehead atoms. The minimum absolute atomic E-state index is 0.0120. The summed E-state index contributed by atoms with van der Waals surface area (Å²) in [6.45, 7) is 10.3. The molecule has 0 aromatic rings. The normalized spacial score (nSPS) is 37.2. The average Bonchev–Trinajstić information content (AvgIpc) is 2.21. The van der Waals surface area contributed by atoms with E-state index in [0.29, 0.717) is 11.8 Å². The maximum Gasteiger partial charge on any atom is 0.0616 e. The molecule has 2 N–H and O–H groups in total. The lowest BCUT2D eigenvalue weighted by atomic mass is 9.68. The first-order valence-corrected chi connectivity index (χ1v) is 6.37. The van der Waals surface area contributed by atoms with E-state index >= 15 is 0 Å². The van der Waals surface area contributed by atoms with Gasteiger partial charge in [-0.15, -0.1) is 0 Å². The predicted molar refractivity (Wildman–Crippen MR) is 64.8 cm³/mol. The molecule has 1 aliphatic rings. The Bertz CT molecular complexity index is 193. The summed E-state index contributed by atoms with van der Waals surface area (Å²) in [5, 5.41) is 13.3. The van der Waals surface area contributed by atoms with E-state index in [1.807, 2.05) is 0 Å². The van der Waals surface area contributed by atoms with E-state index in [1.165, 1.54) is 12.8 Å². The SMILES string of the molecule is CC(C)CNC1(CO)CCCC(C)C1C. The van der Waals surface area contributed by atoms with Gasteiger partial charge in [-0.2, -0.15) is 0 Å². The Morgan fingerprint density at radius 3 is 2.60 bits per heavy atom. The van der Waals surface area contributed by atoms with Crippen LogP contribution in [0.15, 0.2) is 0 Å². The Morgan fingerprint density at radius 2 is 2.07 bits per heavy atom. The molecule has 0 radical (unpaired) electrons.